The Bertz CT molecular complexity index is 1140. The number of ether oxygens (including phenoxy) is 1. The van der Waals surface area contributed by atoms with Crippen LogP contribution in [0.3, 0.4) is 0 Å². The fourth-order valence-corrected chi connectivity index (χ4v) is 4.38. The zero-order chi connectivity index (χ0) is 21.9. The Hall–Kier alpha value is -3.29. The lowest BCUT2D eigenvalue weighted by molar-refractivity contribution is -0.0207. The summed E-state index contributed by atoms with van der Waals surface area (Å²) >= 11 is 0. The van der Waals surface area contributed by atoms with Crippen LogP contribution in [0.4, 0.5) is 5.82 Å². The number of aromatic nitrogens is 4. The van der Waals surface area contributed by atoms with Gasteiger partial charge in [-0.1, -0.05) is 60.7 Å². The van der Waals surface area contributed by atoms with Crippen LogP contribution in [0.25, 0.3) is 11.2 Å². The molecule has 164 valence electrons. The van der Waals surface area contributed by atoms with E-state index in [1.807, 2.05) is 23.6 Å². The lowest BCUT2D eigenvalue weighted by Crippen LogP contribution is -2.16. The zero-order valence-corrected chi connectivity index (χ0v) is 18.1. The summed E-state index contributed by atoms with van der Waals surface area (Å²) in [6.07, 6.45) is 3.12. The molecule has 2 atom stereocenters. The van der Waals surface area contributed by atoms with Gasteiger partial charge in [0, 0.05) is 12.5 Å². The molecule has 5 rings (SSSR count). The number of imidazole rings is 1. The first-order valence-corrected chi connectivity index (χ1v) is 11.0. The molecule has 2 N–H and O–H groups in total. The van der Waals surface area contributed by atoms with Crippen LogP contribution in [-0.4, -0.2) is 43.9 Å². The third kappa shape index (κ3) is 4.09. The zero-order valence-electron chi connectivity index (χ0n) is 18.1. The van der Waals surface area contributed by atoms with Crippen LogP contribution in [0.1, 0.15) is 41.9 Å². The number of aliphatic hydroxyl groups excluding tert-OH is 1. The van der Waals surface area contributed by atoms with Crippen molar-refractivity contribution >= 4 is 17.0 Å². The van der Waals surface area contributed by atoms with E-state index in [1.165, 1.54) is 11.1 Å². The van der Waals surface area contributed by atoms with Crippen molar-refractivity contribution in [2.45, 2.75) is 38.0 Å². The number of nitrogens with one attached hydrogen (secondary N) is 1. The summed E-state index contributed by atoms with van der Waals surface area (Å²) in [6, 6.07) is 21.0. The number of aryl methyl sites for hydroxylation is 1. The summed E-state index contributed by atoms with van der Waals surface area (Å²) in [5.41, 5.74) is 3.97. The molecule has 0 saturated carbocycles. The van der Waals surface area contributed by atoms with Crippen LogP contribution in [0.2, 0.25) is 0 Å². The van der Waals surface area contributed by atoms with Gasteiger partial charge in [0.1, 0.15) is 12.1 Å². The van der Waals surface area contributed by atoms with E-state index in [2.05, 4.69) is 68.8 Å². The molecule has 2 aromatic heterocycles. The molecule has 3 heterocycles. The second-order valence-corrected chi connectivity index (χ2v) is 8.17. The van der Waals surface area contributed by atoms with Gasteiger partial charge in [0.05, 0.1) is 19.0 Å². The largest absolute Gasteiger partial charge is 0.394 e. The Kier molecular flexibility index (Phi) is 5.83. The number of fused-ring (bicyclic) bond motifs is 1. The van der Waals surface area contributed by atoms with Crippen molar-refractivity contribution in [3.05, 3.63) is 83.9 Å². The molecule has 1 aliphatic heterocycles. The van der Waals surface area contributed by atoms with Crippen LogP contribution in [0, 0.1) is 6.92 Å². The fourth-order valence-electron chi connectivity index (χ4n) is 4.38. The van der Waals surface area contributed by atoms with E-state index < -0.39 is 0 Å². The van der Waals surface area contributed by atoms with Crippen LogP contribution in [0.5, 0.6) is 0 Å². The molecule has 2 aromatic carbocycles. The molecule has 7 heteroatoms. The van der Waals surface area contributed by atoms with Gasteiger partial charge in [-0.15, -0.1) is 0 Å². The minimum atomic E-state index is -0.166. The van der Waals surface area contributed by atoms with Gasteiger partial charge in [0.2, 0.25) is 0 Å². The highest BCUT2D eigenvalue weighted by Gasteiger charge is 2.28. The van der Waals surface area contributed by atoms with Crippen LogP contribution >= 0.6 is 0 Å². The number of benzene rings is 2. The van der Waals surface area contributed by atoms with Gasteiger partial charge >= 0.3 is 0 Å². The lowest BCUT2D eigenvalue weighted by Gasteiger charge is -2.19. The molecular formula is C25H27N5O2. The van der Waals surface area contributed by atoms with E-state index >= 15 is 0 Å². The molecule has 2 unspecified atom stereocenters. The smallest absolute Gasteiger partial charge is 0.167 e. The van der Waals surface area contributed by atoms with E-state index in [9.17, 15) is 5.11 Å². The van der Waals surface area contributed by atoms with Crippen molar-refractivity contribution in [1.82, 2.24) is 19.5 Å². The second-order valence-electron chi connectivity index (χ2n) is 8.17. The Labute approximate surface area is 187 Å². The van der Waals surface area contributed by atoms with Crippen LogP contribution in [-0.2, 0) is 4.74 Å². The fraction of sp³-hybridized carbons (Fsp3) is 0.320. The number of nitrogens with zero attached hydrogens (tertiary/aromatic N) is 4. The first-order valence-electron chi connectivity index (χ1n) is 11.0. The third-order valence-corrected chi connectivity index (χ3v) is 6.01. The van der Waals surface area contributed by atoms with Gasteiger partial charge < -0.3 is 15.2 Å². The Morgan fingerprint density at radius 3 is 2.34 bits per heavy atom. The molecule has 1 fully saturated rings. The molecule has 1 saturated heterocycles. The molecular weight excluding hydrogens is 402 g/mol. The Morgan fingerprint density at radius 2 is 1.72 bits per heavy atom. The van der Waals surface area contributed by atoms with E-state index in [-0.39, 0.29) is 24.9 Å². The highest BCUT2D eigenvalue weighted by molar-refractivity contribution is 5.83. The van der Waals surface area contributed by atoms with Crippen molar-refractivity contribution in [1.29, 1.82) is 0 Å². The number of hydrogen-bond acceptors (Lipinski definition) is 6. The number of anilines is 1. The quantitative estimate of drug-likeness (QED) is 0.461. The van der Waals surface area contributed by atoms with Gasteiger partial charge in [-0.25, -0.2) is 15.0 Å². The number of hydrogen-bond donors (Lipinski definition) is 2. The lowest BCUT2D eigenvalue weighted by atomic mass is 9.91. The summed E-state index contributed by atoms with van der Waals surface area (Å²) in [4.78, 5) is 13.9. The van der Waals surface area contributed by atoms with E-state index in [1.54, 1.807) is 6.33 Å². The molecule has 0 radical (unpaired) electrons. The maximum absolute atomic E-state index is 9.41. The first kappa shape index (κ1) is 20.6. The number of aliphatic hydroxyl groups is 1. The van der Waals surface area contributed by atoms with Gasteiger partial charge in [0.15, 0.2) is 17.0 Å². The van der Waals surface area contributed by atoms with E-state index in [4.69, 9.17) is 4.74 Å². The van der Waals surface area contributed by atoms with Crippen molar-refractivity contribution < 1.29 is 9.84 Å². The molecule has 0 amide bonds. The maximum Gasteiger partial charge on any atom is 0.167 e. The maximum atomic E-state index is 9.41. The van der Waals surface area contributed by atoms with Gasteiger partial charge in [-0.2, -0.15) is 0 Å². The molecule has 32 heavy (non-hydrogen) atoms. The normalized spacial score (nSPS) is 18.5. The van der Waals surface area contributed by atoms with Crippen LogP contribution < -0.4 is 5.32 Å². The van der Waals surface area contributed by atoms with Gasteiger partial charge in [0.25, 0.3) is 0 Å². The van der Waals surface area contributed by atoms with Crippen molar-refractivity contribution in [3.8, 4) is 0 Å². The topological polar surface area (TPSA) is 85.1 Å². The average Bonchev–Trinajstić information content (AvgIpc) is 3.47. The summed E-state index contributed by atoms with van der Waals surface area (Å²) in [5, 5.41) is 12.9. The second kappa shape index (κ2) is 9.06. The Balaban J connectivity index is 1.44. The summed E-state index contributed by atoms with van der Waals surface area (Å²) in [7, 11) is 0. The average molecular weight is 430 g/mol. The summed E-state index contributed by atoms with van der Waals surface area (Å²) < 4.78 is 7.90. The van der Waals surface area contributed by atoms with E-state index in [0.29, 0.717) is 12.4 Å². The van der Waals surface area contributed by atoms with Gasteiger partial charge in [-0.3, -0.25) is 4.57 Å². The standard InChI is InChI=1S/C25H27N5O2/c1-17-28-24(23-25(29-17)30(16-27-23)22-13-12-20(15-31)32-22)26-14-21(18-8-4-2-5-9-18)19-10-6-3-7-11-19/h2-11,16,20-22,31H,12-15H2,1H3,(H,26,28,29). The van der Waals surface area contributed by atoms with Crippen LogP contribution in [0.15, 0.2) is 67.0 Å². The monoisotopic (exact) mass is 429 g/mol. The Morgan fingerprint density at radius 1 is 1.03 bits per heavy atom. The van der Waals surface area contributed by atoms with Crippen molar-refractivity contribution in [2.24, 2.45) is 0 Å². The third-order valence-electron chi connectivity index (χ3n) is 6.01. The van der Waals surface area contributed by atoms with Crippen molar-refractivity contribution in [3.63, 3.8) is 0 Å². The molecule has 7 nitrogen and oxygen atoms in total. The number of rotatable bonds is 7. The molecule has 1 aliphatic rings. The summed E-state index contributed by atoms with van der Waals surface area (Å²) in [6.45, 7) is 2.60. The highest BCUT2D eigenvalue weighted by Crippen LogP contribution is 2.32. The predicted molar refractivity (Wildman–Crippen MR) is 124 cm³/mol. The van der Waals surface area contributed by atoms with E-state index in [0.717, 1.165) is 29.8 Å². The molecule has 4 aromatic rings. The van der Waals surface area contributed by atoms with Gasteiger partial charge in [-0.05, 0) is 30.9 Å². The SMILES string of the molecule is Cc1nc(NCC(c2ccccc2)c2ccccc2)c2ncn(C3CCC(CO)O3)c2n1. The minimum Gasteiger partial charge on any atom is -0.394 e. The first-order chi connectivity index (χ1) is 15.7. The van der Waals surface area contributed by atoms with Crippen molar-refractivity contribution in [2.75, 3.05) is 18.5 Å². The molecule has 0 spiro atoms. The molecule has 0 bridgehead atoms. The minimum absolute atomic E-state index is 0.0321. The predicted octanol–water partition coefficient (Wildman–Crippen LogP) is 4.05. The molecule has 0 aliphatic carbocycles. The highest BCUT2D eigenvalue weighted by atomic mass is 16.5. The summed E-state index contributed by atoms with van der Waals surface area (Å²) in [5.74, 6) is 1.57.